The lowest BCUT2D eigenvalue weighted by Gasteiger charge is -2.33. The molecule has 2 saturated heterocycles. The maximum Gasteiger partial charge on any atom is 0.311 e. The number of rotatable bonds is 7. The Hall–Kier alpha value is -3.42. The molecule has 3 aromatic rings. The number of aromatic nitrogens is 1. The fourth-order valence-corrected chi connectivity index (χ4v) is 7.58. The lowest BCUT2D eigenvalue weighted by atomic mass is 9.94. The highest BCUT2D eigenvalue weighted by Gasteiger charge is 2.65. The molecule has 0 radical (unpaired) electrons. The average molecular weight is 568 g/mol. The molecule has 2 atom stereocenters. The number of aliphatic carboxylic acids is 1. The molecule has 220 valence electrons. The summed E-state index contributed by atoms with van der Waals surface area (Å²) in [7, 11) is 0. The molecule has 1 aromatic heterocycles. The van der Waals surface area contributed by atoms with Gasteiger partial charge in [-0.05, 0) is 97.9 Å². The second-order valence-corrected chi connectivity index (χ2v) is 12.7. The molecule has 7 heteroatoms. The molecule has 1 N–H and O–H groups in total. The van der Waals surface area contributed by atoms with Crippen LogP contribution in [0.4, 0.5) is 5.82 Å². The molecular formula is C35H41N3O4. The number of anilines is 1. The zero-order chi connectivity index (χ0) is 28.8. The number of pyridine rings is 1. The summed E-state index contributed by atoms with van der Waals surface area (Å²) in [5, 5.41) is 9.73. The van der Waals surface area contributed by atoms with E-state index >= 15 is 0 Å². The van der Waals surface area contributed by atoms with Crippen LogP contribution in [0.25, 0.3) is 11.3 Å². The summed E-state index contributed by atoms with van der Waals surface area (Å²) >= 11 is 0. The fourth-order valence-electron chi connectivity index (χ4n) is 7.58. The van der Waals surface area contributed by atoms with Crippen molar-refractivity contribution in [2.75, 3.05) is 44.3 Å². The van der Waals surface area contributed by atoms with Gasteiger partial charge in [-0.1, -0.05) is 30.3 Å². The van der Waals surface area contributed by atoms with Crippen molar-refractivity contribution < 1.29 is 19.4 Å². The number of piperidine rings is 1. The summed E-state index contributed by atoms with van der Waals surface area (Å²) in [6.07, 6.45) is 5.26. The molecule has 1 unspecified atom stereocenters. The number of para-hydroxylation sites is 1. The van der Waals surface area contributed by atoms with Gasteiger partial charge in [0.1, 0.15) is 18.2 Å². The molecule has 3 aliphatic heterocycles. The predicted molar refractivity (Wildman–Crippen MR) is 163 cm³/mol. The summed E-state index contributed by atoms with van der Waals surface area (Å²) in [6, 6.07) is 17.5. The van der Waals surface area contributed by atoms with E-state index in [4.69, 9.17) is 14.5 Å². The van der Waals surface area contributed by atoms with Crippen LogP contribution in [0.1, 0.15) is 47.1 Å². The van der Waals surface area contributed by atoms with Gasteiger partial charge in [-0.15, -0.1) is 0 Å². The minimum atomic E-state index is -0.676. The first-order valence-corrected chi connectivity index (χ1v) is 15.5. The molecule has 4 aliphatic rings. The Bertz CT molecular complexity index is 1500. The number of hydrogen-bond donors (Lipinski definition) is 1. The highest BCUT2D eigenvalue weighted by atomic mass is 16.5. The molecular weight excluding hydrogens is 526 g/mol. The van der Waals surface area contributed by atoms with Crippen molar-refractivity contribution >= 4 is 11.8 Å². The predicted octanol–water partition coefficient (Wildman–Crippen LogP) is 5.43. The van der Waals surface area contributed by atoms with Crippen molar-refractivity contribution in [1.82, 2.24) is 9.88 Å². The maximum absolute atomic E-state index is 11.8. The molecule has 0 bridgehead atoms. The number of aryl methyl sites for hydroxylation is 1. The lowest BCUT2D eigenvalue weighted by molar-refractivity contribution is -0.143. The third-order valence-electron chi connectivity index (χ3n) is 10.3. The molecule has 1 saturated carbocycles. The van der Waals surface area contributed by atoms with Gasteiger partial charge in [-0.25, -0.2) is 4.98 Å². The fraction of sp³-hybridized carbons (Fsp3) is 0.486. The molecule has 2 aromatic carbocycles. The first-order chi connectivity index (χ1) is 20.4. The number of carbonyl (C=O) groups is 1. The smallest absolute Gasteiger partial charge is 0.311 e. The zero-order valence-electron chi connectivity index (χ0n) is 24.8. The third kappa shape index (κ3) is 4.96. The van der Waals surface area contributed by atoms with E-state index < -0.39 is 11.4 Å². The SMILES string of the molecule is Cc1cccc(-c2cccc(N3CC4C[C@]4(C(=O)O)C3)n2)c1OCc1ccc2c(c1C)CCN(C1CCOCC1)CC2. The van der Waals surface area contributed by atoms with Gasteiger partial charge in [0.05, 0.1) is 11.1 Å². The topological polar surface area (TPSA) is 75.1 Å². The van der Waals surface area contributed by atoms with Crippen molar-refractivity contribution in [3.8, 4) is 17.0 Å². The van der Waals surface area contributed by atoms with Crippen LogP contribution in [0, 0.1) is 25.2 Å². The molecule has 1 aliphatic carbocycles. The number of carboxylic acid groups (broad SMARTS) is 1. The Morgan fingerprint density at radius 2 is 1.88 bits per heavy atom. The minimum Gasteiger partial charge on any atom is -0.488 e. The number of fused-ring (bicyclic) bond motifs is 2. The second kappa shape index (κ2) is 11.0. The summed E-state index contributed by atoms with van der Waals surface area (Å²) in [6.45, 7) is 10.2. The number of benzene rings is 2. The largest absolute Gasteiger partial charge is 0.488 e. The monoisotopic (exact) mass is 567 g/mol. The van der Waals surface area contributed by atoms with Gasteiger partial charge in [0.2, 0.25) is 0 Å². The summed E-state index contributed by atoms with van der Waals surface area (Å²) in [5.74, 6) is 1.25. The standard InChI is InChI=1S/C35H41N3O4/c1-23-5-3-6-30(31-7-4-8-32(36-31)38-20-27-19-35(27,22-38)34(39)40)33(23)42-21-26-10-9-25-11-15-37(16-12-29(25)24(26)2)28-13-17-41-18-14-28/h3-10,27-28H,11-22H2,1-2H3,(H,39,40)/t27?,35-/m0/s1. The summed E-state index contributed by atoms with van der Waals surface area (Å²) in [4.78, 5) is 21.6. The van der Waals surface area contributed by atoms with Crippen LogP contribution < -0.4 is 9.64 Å². The van der Waals surface area contributed by atoms with E-state index in [1.165, 1.54) is 22.3 Å². The molecule has 7 rings (SSSR count). The van der Waals surface area contributed by atoms with E-state index in [9.17, 15) is 9.90 Å². The van der Waals surface area contributed by atoms with Crippen molar-refractivity contribution in [2.24, 2.45) is 11.3 Å². The quantitative estimate of drug-likeness (QED) is 0.408. The van der Waals surface area contributed by atoms with Crippen LogP contribution >= 0.6 is 0 Å². The van der Waals surface area contributed by atoms with Crippen molar-refractivity contribution in [3.05, 3.63) is 76.3 Å². The number of hydrogen-bond acceptors (Lipinski definition) is 6. The van der Waals surface area contributed by atoms with E-state index in [2.05, 4.69) is 47.9 Å². The molecule has 4 heterocycles. The molecule has 0 amide bonds. The Labute approximate surface area is 248 Å². The van der Waals surface area contributed by atoms with Gasteiger partial charge < -0.3 is 19.5 Å². The van der Waals surface area contributed by atoms with E-state index in [-0.39, 0.29) is 5.92 Å². The highest BCUT2D eigenvalue weighted by molar-refractivity contribution is 5.81. The first-order valence-electron chi connectivity index (χ1n) is 15.5. The summed E-state index contributed by atoms with van der Waals surface area (Å²) < 4.78 is 12.2. The van der Waals surface area contributed by atoms with Gasteiger partial charge in [-0.3, -0.25) is 9.69 Å². The molecule has 0 spiro atoms. The van der Waals surface area contributed by atoms with Gasteiger partial charge in [-0.2, -0.15) is 0 Å². The van der Waals surface area contributed by atoms with E-state index in [0.717, 1.165) is 93.3 Å². The van der Waals surface area contributed by atoms with Crippen LogP contribution in [0.15, 0.2) is 48.5 Å². The highest BCUT2D eigenvalue weighted by Crippen LogP contribution is 2.58. The van der Waals surface area contributed by atoms with Crippen molar-refractivity contribution in [1.29, 1.82) is 0 Å². The maximum atomic E-state index is 11.8. The summed E-state index contributed by atoms with van der Waals surface area (Å²) in [5.41, 5.74) is 7.88. The normalized spacial score (nSPS) is 24.1. The van der Waals surface area contributed by atoms with Crippen LogP contribution in [0.2, 0.25) is 0 Å². The van der Waals surface area contributed by atoms with Crippen molar-refractivity contribution in [2.45, 2.75) is 58.6 Å². The van der Waals surface area contributed by atoms with E-state index in [1.807, 2.05) is 24.3 Å². The number of carboxylic acids is 1. The number of ether oxygens (including phenoxy) is 2. The third-order valence-corrected chi connectivity index (χ3v) is 10.3. The van der Waals surface area contributed by atoms with Gasteiger partial charge in [0.15, 0.2) is 0 Å². The molecule has 42 heavy (non-hydrogen) atoms. The minimum absolute atomic E-state index is 0.229. The Balaban J connectivity index is 1.08. The van der Waals surface area contributed by atoms with Gasteiger partial charge in [0.25, 0.3) is 0 Å². The molecule has 3 fully saturated rings. The van der Waals surface area contributed by atoms with E-state index in [1.54, 1.807) is 0 Å². The van der Waals surface area contributed by atoms with Crippen LogP contribution in [-0.4, -0.2) is 66.4 Å². The second-order valence-electron chi connectivity index (χ2n) is 12.7. The van der Waals surface area contributed by atoms with Crippen LogP contribution in [0.5, 0.6) is 5.75 Å². The Morgan fingerprint density at radius 3 is 2.69 bits per heavy atom. The molecule has 7 nitrogen and oxygen atoms in total. The van der Waals surface area contributed by atoms with Crippen molar-refractivity contribution in [3.63, 3.8) is 0 Å². The van der Waals surface area contributed by atoms with E-state index in [0.29, 0.717) is 19.2 Å². The Morgan fingerprint density at radius 1 is 1.07 bits per heavy atom. The van der Waals surface area contributed by atoms with Crippen LogP contribution in [-0.2, 0) is 29.0 Å². The lowest BCUT2D eigenvalue weighted by Crippen LogP contribution is -2.40. The van der Waals surface area contributed by atoms with Crippen LogP contribution in [0.3, 0.4) is 0 Å². The van der Waals surface area contributed by atoms with Gasteiger partial charge >= 0.3 is 5.97 Å². The Kier molecular flexibility index (Phi) is 7.19. The number of nitrogens with zero attached hydrogens (tertiary/aromatic N) is 3. The first kappa shape index (κ1) is 27.4. The van der Waals surface area contributed by atoms with Gasteiger partial charge in [0, 0.05) is 51.0 Å². The average Bonchev–Trinajstić information content (AvgIpc) is 3.66. The zero-order valence-corrected chi connectivity index (χ0v) is 24.8.